The number of nitrogens with one attached hydrogen (secondary N) is 1. The van der Waals surface area contributed by atoms with Crippen molar-refractivity contribution in [2.24, 2.45) is 5.92 Å². The Morgan fingerprint density at radius 2 is 1.65 bits per heavy atom. The number of nitrogens with zero attached hydrogens (tertiary/aromatic N) is 3. The van der Waals surface area contributed by atoms with Gasteiger partial charge in [0.2, 0.25) is 11.8 Å². The van der Waals surface area contributed by atoms with E-state index in [9.17, 15) is 33.1 Å². The van der Waals surface area contributed by atoms with Crippen LogP contribution in [0.1, 0.15) is 66.9 Å². The Hall–Kier alpha value is -3.75. The molecule has 0 radical (unpaired) electrons. The average Bonchev–Trinajstić information content (AvgIpc) is 3.64. The van der Waals surface area contributed by atoms with Crippen LogP contribution in [0.2, 0.25) is 0 Å². The minimum atomic E-state index is -3.02. The number of hydrogen-bond acceptors (Lipinski definition) is 6. The minimum Gasteiger partial charge on any atom is -0.393 e. The van der Waals surface area contributed by atoms with E-state index in [4.69, 9.17) is 4.98 Å². The van der Waals surface area contributed by atoms with Crippen molar-refractivity contribution >= 4 is 23.2 Å². The monoisotopic (exact) mass is 608 g/mol. The van der Waals surface area contributed by atoms with E-state index in [0.717, 1.165) is 5.56 Å². The molecule has 2 amide bonds. The number of rotatable bonds is 6. The lowest BCUT2D eigenvalue weighted by atomic mass is 9.74. The van der Waals surface area contributed by atoms with E-state index >= 15 is 0 Å². The van der Waals surface area contributed by atoms with Crippen LogP contribution in [-0.4, -0.2) is 57.5 Å². The zero-order chi connectivity index (χ0) is 30.4. The number of benzene rings is 2. The topological polar surface area (TPSA) is 106 Å². The normalized spacial score (nSPS) is 22.9. The van der Waals surface area contributed by atoms with Crippen molar-refractivity contribution in [2.75, 3.05) is 13.1 Å². The molecule has 0 spiro atoms. The summed E-state index contributed by atoms with van der Waals surface area (Å²) in [6.45, 7) is 0.954. The van der Waals surface area contributed by atoms with Crippen molar-refractivity contribution in [3.8, 4) is 27.1 Å². The van der Waals surface area contributed by atoms with Crippen LogP contribution in [0.5, 0.6) is 0 Å². The van der Waals surface area contributed by atoms with Crippen LogP contribution in [0.25, 0.3) is 21.0 Å². The van der Waals surface area contributed by atoms with Crippen LogP contribution < -0.4 is 5.32 Å². The lowest BCUT2D eigenvalue weighted by Gasteiger charge is -2.35. The molecule has 1 aliphatic heterocycles. The fraction of sp³-hybridized carbons (Fsp3) is 0.438. The van der Waals surface area contributed by atoms with Gasteiger partial charge in [0.1, 0.15) is 16.4 Å². The smallest absolute Gasteiger partial charge is 0.253 e. The summed E-state index contributed by atoms with van der Waals surface area (Å²) in [5, 5.41) is 22.6. The first kappa shape index (κ1) is 29.3. The van der Waals surface area contributed by atoms with Crippen LogP contribution in [-0.2, 0) is 4.79 Å². The predicted molar refractivity (Wildman–Crippen MR) is 155 cm³/mol. The van der Waals surface area contributed by atoms with Gasteiger partial charge in [-0.15, -0.1) is 11.3 Å². The summed E-state index contributed by atoms with van der Waals surface area (Å²) in [7, 11) is 0. The molecule has 11 heteroatoms. The van der Waals surface area contributed by atoms with Gasteiger partial charge in [-0.1, -0.05) is 12.1 Å². The summed E-state index contributed by atoms with van der Waals surface area (Å²) >= 11 is 1.32. The highest BCUT2D eigenvalue weighted by Gasteiger charge is 2.51. The van der Waals surface area contributed by atoms with Crippen LogP contribution in [0.3, 0.4) is 0 Å². The number of carbonyl (C=O) groups is 2. The zero-order valence-corrected chi connectivity index (χ0v) is 24.2. The maximum atomic E-state index is 14.7. The van der Waals surface area contributed by atoms with E-state index in [-0.39, 0.29) is 12.3 Å². The standard InChI is InChI=1S/C32H31F3N4O3S/c33-22-7-5-20(6-8-22)29-37-26(24-9-12-32(34,35)17-25(24)28(41)38-31(18-36)13-14-31)27(43-29)19-1-3-21(4-2-19)30(42)39-15-10-23(40)11-16-39/h1-8,23-25,40H,9-17H2,(H,38,41). The Kier molecular flexibility index (Phi) is 7.77. The molecule has 2 aliphatic carbocycles. The number of thiazole rings is 1. The van der Waals surface area contributed by atoms with Gasteiger partial charge in [-0.3, -0.25) is 9.59 Å². The molecule has 3 aromatic rings. The van der Waals surface area contributed by atoms with Crippen molar-refractivity contribution in [1.29, 1.82) is 5.26 Å². The van der Waals surface area contributed by atoms with Gasteiger partial charge in [0.05, 0.1) is 28.7 Å². The second-order valence-corrected chi connectivity index (χ2v) is 12.8. The summed E-state index contributed by atoms with van der Waals surface area (Å²) in [5.41, 5.74) is 1.38. The third-order valence-corrected chi connectivity index (χ3v) is 9.90. The molecule has 1 aromatic heterocycles. The van der Waals surface area contributed by atoms with Gasteiger partial charge >= 0.3 is 0 Å². The van der Waals surface area contributed by atoms with Crippen molar-refractivity contribution in [2.45, 2.75) is 68.4 Å². The van der Waals surface area contributed by atoms with Gasteiger partial charge in [0, 0.05) is 43.0 Å². The molecule has 2 aromatic carbocycles. The maximum absolute atomic E-state index is 14.7. The lowest BCUT2D eigenvalue weighted by Crippen LogP contribution is -2.45. The fourth-order valence-electron chi connectivity index (χ4n) is 5.98. The largest absolute Gasteiger partial charge is 0.393 e. The Morgan fingerprint density at radius 3 is 2.28 bits per heavy atom. The van der Waals surface area contributed by atoms with E-state index in [1.54, 1.807) is 41.3 Å². The molecule has 0 bridgehead atoms. The van der Waals surface area contributed by atoms with Gasteiger partial charge < -0.3 is 15.3 Å². The summed E-state index contributed by atoms with van der Waals surface area (Å²) < 4.78 is 43.1. The van der Waals surface area contributed by atoms with Gasteiger partial charge in [0.25, 0.3) is 5.91 Å². The van der Waals surface area contributed by atoms with Crippen molar-refractivity contribution < 1.29 is 27.9 Å². The van der Waals surface area contributed by atoms with Crippen LogP contribution in [0.4, 0.5) is 13.2 Å². The Bertz CT molecular complexity index is 1560. The molecule has 43 heavy (non-hydrogen) atoms. The summed E-state index contributed by atoms with van der Waals surface area (Å²) in [4.78, 5) is 33.8. The number of aromatic nitrogens is 1. The van der Waals surface area contributed by atoms with E-state index in [0.29, 0.717) is 65.5 Å². The van der Waals surface area contributed by atoms with Crippen LogP contribution in [0, 0.1) is 23.1 Å². The fourth-order valence-corrected chi connectivity index (χ4v) is 7.12. The van der Waals surface area contributed by atoms with Crippen molar-refractivity contribution in [3.63, 3.8) is 0 Å². The minimum absolute atomic E-state index is 0.0294. The first-order chi connectivity index (χ1) is 20.6. The molecule has 224 valence electrons. The van der Waals surface area contributed by atoms with Crippen LogP contribution >= 0.6 is 11.3 Å². The van der Waals surface area contributed by atoms with E-state index in [2.05, 4.69) is 11.4 Å². The van der Waals surface area contributed by atoms with E-state index < -0.39 is 54.0 Å². The number of nitriles is 1. The highest BCUT2D eigenvalue weighted by molar-refractivity contribution is 7.18. The predicted octanol–water partition coefficient (Wildman–Crippen LogP) is 5.90. The van der Waals surface area contributed by atoms with E-state index in [1.165, 1.54) is 23.5 Å². The number of aliphatic hydroxyl groups is 1. The van der Waals surface area contributed by atoms with Gasteiger partial charge in [-0.25, -0.2) is 18.2 Å². The number of piperidine rings is 1. The molecular weight excluding hydrogens is 577 g/mol. The molecule has 2 saturated carbocycles. The molecule has 2 N–H and O–H groups in total. The summed E-state index contributed by atoms with van der Waals surface area (Å²) in [6, 6.07) is 15.0. The van der Waals surface area contributed by atoms with Gasteiger partial charge in [-0.05, 0) is 74.1 Å². The Balaban J connectivity index is 1.36. The third-order valence-electron chi connectivity index (χ3n) is 8.73. The molecule has 2 unspecified atom stereocenters. The van der Waals surface area contributed by atoms with Crippen molar-refractivity contribution in [3.05, 3.63) is 65.6 Å². The van der Waals surface area contributed by atoms with Crippen LogP contribution in [0.15, 0.2) is 48.5 Å². The molecule has 2 heterocycles. The number of aliphatic hydroxyl groups excluding tert-OH is 1. The number of likely N-dealkylation sites (tertiary alicyclic amines) is 1. The highest BCUT2D eigenvalue weighted by Crippen LogP contribution is 2.50. The molecule has 6 rings (SSSR count). The van der Waals surface area contributed by atoms with Crippen molar-refractivity contribution in [1.82, 2.24) is 15.2 Å². The summed E-state index contributed by atoms with van der Waals surface area (Å²) in [6.07, 6.45) is 0.632. The Labute approximate surface area is 251 Å². The Morgan fingerprint density at radius 1 is 1.00 bits per heavy atom. The van der Waals surface area contributed by atoms with Gasteiger partial charge in [-0.2, -0.15) is 5.26 Å². The van der Waals surface area contributed by atoms with Gasteiger partial charge in [0.15, 0.2) is 0 Å². The lowest BCUT2D eigenvalue weighted by molar-refractivity contribution is -0.134. The third kappa shape index (κ3) is 6.17. The molecule has 7 nitrogen and oxygen atoms in total. The number of alkyl halides is 2. The maximum Gasteiger partial charge on any atom is 0.253 e. The number of amides is 2. The first-order valence-corrected chi connectivity index (χ1v) is 15.3. The second-order valence-electron chi connectivity index (χ2n) is 11.8. The second kappa shape index (κ2) is 11.4. The molecular formula is C32H31F3N4O3S. The number of halogens is 3. The summed E-state index contributed by atoms with van der Waals surface area (Å²) in [5.74, 6) is -5.85. The first-order valence-electron chi connectivity index (χ1n) is 14.5. The number of carbonyl (C=O) groups excluding carboxylic acids is 2. The molecule has 1 saturated heterocycles. The molecule has 3 aliphatic rings. The number of hydrogen-bond donors (Lipinski definition) is 2. The zero-order valence-electron chi connectivity index (χ0n) is 23.4. The quantitative estimate of drug-likeness (QED) is 0.362. The molecule has 2 atom stereocenters. The molecule has 3 fully saturated rings. The highest BCUT2D eigenvalue weighted by atomic mass is 32.1. The van der Waals surface area contributed by atoms with E-state index in [1.807, 2.05) is 0 Å². The average molecular weight is 609 g/mol. The SMILES string of the molecule is N#CC1(NC(=O)C2CC(F)(F)CCC2c2nc(-c3ccc(F)cc3)sc2-c2ccc(C(=O)N3CCC(O)CC3)cc2)CC1.